The van der Waals surface area contributed by atoms with Crippen molar-refractivity contribution in [2.75, 3.05) is 18.8 Å². The second kappa shape index (κ2) is 9.15. The third-order valence-electron chi connectivity index (χ3n) is 2.43. The molecule has 3 N–H and O–H groups in total. The highest BCUT2D eigenvalue weighted by molar-refractivity contribution is 7.99. The van der Waals surface area contributed by atoms with Gasteiger partial charge in [0.2, 0.25) is 5.91 Å². The lowest BCUT2D eigenvalue weighted by Gasteiger charge is -2.14. The van der Waals surface area contributed by atoms with E-state index >= 15 is 0 Å². The van der Waals surface area contributed by atoms with E-state index in [1.54, 1.807) is 0 Å². The summed E-state index contributed by atoms with van der Waals surface area (Å²) in [5, 5.41) is 2.18. The van der Waals surface area contributed by atoms with Crippen molar-refractivity contribution < 1.29 is 13.6 Å². The monoisotopic (exact) mass is 324 g/mol. The molecule has 1 rings (SSSR count). The summed E-state index contributed by atoms with van der Waals surface area (Å²) in [5.41, 5.74) is 7.15. The van der Waals surface area contributed by atoms with Gasteiger partial charge in [-0.05, 0) is 12.5 Å². The van der Waals surface area contributed by atoms with Crippen molar-refractivity contribution in [2.24, 2.45) is 5.73 Å². The van der Waals surface area contributed by atoms with Gasteiger partial charge in [-0.2, -0.15) is 0 Å². The Bertz CT molecular complexity index is 433. The van der Waals surface area contributed by atoms with E-state index in [9.17, 15) is 13.6 Å². The molecule has 0 unspecified atom stereocenters. The number of hydrogen-bond donors (Lipinski definition) is 2. The predicted octanol–water partition coefficient (Wildman–Crippen LogP) is 2.36. The van der Waals surface area contributed by atoms with E-state index in [4.69, 9.17) is 5.73 Å². The molecule has 0 aliphatic heterocycles. The van der Waals surface area contributed by atoms with Crippen LogP contribution < -0.4 is 11.1 Å². The number of hydrogen-bond acceptors (Lipinski definition) is 3. The van der Waals surface area contributed by atoms with E-state index in [1.165, 1.54) is 11.8 Å². The number of thioether (sulfide) groups is 1. The molecule has 7 heteroatoms. The topological polar surface area (TPSA) is 55.1 Å². The van der Waals surface area contributed by atoms with Crippen LogP contribution in [0.25, 0.3) is 0 Å². The molecule has 0 fully saturated rings. The molecule has 0 aliphatic rings. The molecule has 1 aromatic rings. The zero-order valence-corrected chi connectivity index (χ0v) is 12.8. The summed E-state index contributed by atoms with van der Waals surface area (Å²) < 4.78 is 25.6. The van der Waals surface area contributed by atoms with E-state index in [2.05, 4.69) is 5.32 Å². The third-order valence-corrected chi connectivity index (χ3v) is 3.43. The Morgan fingerprint density at radius 1 is 1.45 bits per heavy atom. The molecule has 0 heterocycles. The number of alkyl halides is 2. The first-order valence-electron chi connectivity index (χ1n) is 5.91. The predicted molar refractivity (Wildman–Crippen MR) is 81.6 cm³/mol. The summed E-state index contributed by atoms with van der Waals surface area (Å²) >= 11 is 1.39. The normalized spacial score (nSPS) is 10.8. The largest absolute Gasteiger partial charge is 0.349 e. The molecule has 0 spiro atoms. The maximum atomic E-state index is 12.8. The van der Waals surface area contributed by atoms with Crippen molar-refractivity contribution in [1.82, 2.24) is 5.32 Å². The van der Waals surface area contributed by atoms with Gasteiger partial charge in [0.05, 0.1) is 18.8 Å². The summed E-state index contributed by atoms with van der Waals surface area (Å²) in [5.74, 6) is -2.58. The second-order valence-corrected chi connectivity index (χ2v) is 5.30. The molecule has 0 atom stereocenters. The van der Waals surface area contributed by atoms with Gasteiger partial charge in [0, 0.05) is 5.75 Å². The Hall–Kier alpha value is -0.850. The van der Waals surface area contributed by atoms with Gasteiger partial charge in [0.1, 0.15) is 0 Å². The highest BCUT2D eigenvalue weighted by atomic mass is 35.5. The number of rotatable bonds is 7. The van der Waals surface area contributed by atoms with Gasteiger partial charge in [-0.3, -0.25) is 4.79 Å². The summed E-state index contributed by atoms with van der Waals surface area (Å²) in [6, 6.07) is 7.96. The van der Waals surface area contributed by atoms with Crippen molar-refractivity contribution in [3.8, 4) is 0 Å². The Morgan fingerprint density at radius 2 is 2.15 bits per heavy atom. The Labute approximate surface area is 128 Å². The fourth-order valence-corrected chi connectivity index (χ4v) is 2.22. The first-order chi connectivity index (χ1) is 8.93. The smallest absolute Gasteiger partial charge is 0.277 e. The van der Waals surface area contributed by atoms with Crippen molar-refractivity contribution in [3.05, 3.63) is 35.4 Å². The van der Waals surface area contributed by atoms with E-state index in [0.717, 1.165) is 11.1 Å². The van der Waals surface area contributed by atoms with Crippen molar-refractivity contribution in [3.63, 3.8) is 0 Å². The van der Waals surface area contributed by atoms with Gasteiger partial charge in [0.25, 0.3) is 5.92 Å². The van der Waals surface area contributed by atoms with Crippen LogP contribution in [0.2, 0.25) is 0 Å². The van der Waals surface area contributed by atoms with Crippen LogP contribution in [0.1, 0.15) is 11.1 Å². The minimum Gasteiger partial charge on any atom is -0.349 e. The molecule has 0 saturated carbocycles. The molecule has 114 valence electrons. The van der Waals surface area contributed by atoms with Crippen LogP contribution in [0, 0.1) is 6.92 Å². The van der Waals surface area contributed by atoms with Crippen LogP contribution in [0.15, 0.2) is 24.3 Å². The zero-order chi connectivity index (χ0) is 14.3. The molecule has 0 aromatic heterocycles. The Balaban J connectivity index is 0.00000361. The summed E-state index contributed by atoms with van der Waals surface area (Å²) in [7, 11) is 0. The van der Waals surface area contributed by atoms with Crippen molar-refractivity contribution in [1.29, 1.82) is 0 Å². The van der Waals surface area contributed by atoms with Crippen molar-refractivity contribution >= 4 is 30.1 Å². The first kappa shape index (κ1) is 19.1. The summed E-state index contributed by atoms with van der Waals surface area (Å²) in [4.78, 5) is 11.4. The Morgan fingerprint density at radius 3 is 2.75 bits per heavy atom. The number of carbonyl (C=O) groups is 1. The minimum atomic E-state index is -3.03. The number of halogens is 3. The average Bonchev–Trinajstić information content (AvgIpc) is 2.37. The molecule has 3 nitrogen and oxygen atoms in total. The first-order valence-corrected chi connectivity index (χ1v) is 7.06. The summed E-state index contributed by atoms with van der Waals surface area (Å²) in [6.45, 7) is 0.535. The van der Waals surface area contributed by atoms with Gasteiger partial charge < -0.3 is 11.1 Å². The molecular formula is C13H19ClF2N2OS. The van der Waals surface area contributed by atoms with E-state index in [0.29, 0.717) is 5.75 Å². The average molecular weight is 325 g/mol. The van der Waals surface area contributed by atoms with Crippen molar-refractivity contribution in [2.45, 2.75) is 18.6 Å². The third kappa shape index (κ3) is 7.67. The number of nitrogens with one attached hydrogen (secondary N) is 1. The molecule has 0 radical (unpaired) electrons. The number of aryl methyl sites for hydroxylation is 1. The van der Waals surface area contributed by atoms with Crippen LogP contribution in [-0.2, 0) is 10.5 Å². The fourth-order valence-electron chi connectivity index (χ4n) is 1.41. The van der Waals surface area contributed by atoms with Gasteiger partial charge in [0.15, 0.2) is 0 Å². The Kier molecular flexibility index (Phi) is 8.76. The van der Waals surface area contributed by atoms with E-state index < -0.39 is 24.9 Å². The molecule has 0 bridgehead atoms. The maximum Gasteiger partial charge on any atom is 0.277 e. The van der Waals surface area contributed by atoms with Crippen LogP contribution in [-0.4, -0.2) is 30.7 Å². The standard InChI is InChI=1S/C13H18F2N2OS.ClH/c1-10-3-2-4-11(5-10)6-19-7-12(18)17-9-13(14,15)8-16;/h2-5H,6-9,16H2,1H3,(H,17,18);1H. The molecular weight excluding hydrogens is 306 g/mol. The minimum absolute atomic E-state index is 0. The van der Waals surface area contributed by atoms with Crippen LogP contribution >= 0.6 is 24.2 Å². The molecule has 1 amide bonds. The quantitative estimate of drug-likeness (QED) is 0.809. The van der Waals surface area contributed by atoms with Gasteiger partial charge in [-0.15, -0.1) is 24.2 Å². The lowest BCUT2D eigenvalue weighted by Crippen LogP contribution is -2.42. The van der Waals surface area contributed by atoms with E-state index in [1.807, 2.05) is 31.2 Å². The molecule has 0 saturated heterocycles. The molecule has 0 aliphatic carbocycles. The molecule has 1 aromatic carbocycles. The highest BCUT2D eigenvalue weighted by Crippen LogP contribution is 2.13. The van der Waals surface area contributed by atoms with Crippen LogP contribution in [0.5, 0.6) is 0 Å². The number of amides is 1. The second-order valence-electron chi connectivity index (χ2n) is 4.32. The van der Waals surface area contributed by atoms with Gasteiger partial charge in [-0.25, -0.2) is 8.78 Å². The SMILES string of the molecule is Cc1cccc(CSCC(=O)NCC(F)(F)CN)c1.Cl. The van der Waals surface area contributed by atoms with E-state index in [-0.39, 0.29) is 18.2 Å². The lowest BCUT2D eigenvalue weighted by molar-refractivity contribution is -0.120. The number of carbonyl (C=O) groups excluding carboxylic acids is 1. The van der Waals surface area contributed by atoms with Crippen LogP contribution in [0.3, 0.4) is 0 Å². The van der Waals surface area contributed by atoms with Crippen LogP contribution in [0.4, 0.5) is 8.78 Å². The summed E-state index contributed by atoms with van der Waals surface area (Å²) in [6.07, 6.45) is 0. The van der Waals surface area contributed by atoms with Gasteiger partial charge in [-0.1, -0.05) is 29.8 Å². The fraction of sp³-hybridized carbons (Fsp3) is 0.462. The highest BCUT2D eigenvalue weighted by Gasteiger charge is 2.26. The zero-order valence-electron chi connectivity index (χ0n) is 11.2. The number of nitrogens with two attached hydrogens (primary N) is 1. The van der Waals surface area contributed by atoms with Gasteiger partial charge >= 0.3 is 0 Å². The molecule has 20 heavy (non-hydrogen) atoms. The number of benzene rings is 1. The maximum absolute atomic E-state index is 12.8. The lowest BCUT2D eigenvalue weighted by atomic mass is 10.2.